The van der Waals surface area contributed by atoms with Crippen LogP contribution in [-0.4, -0.2) is 9.94 Å². The highest BCUT2D eigenvalue weighted by Gasteiger charge is 1.98. The molecule has 3 heteroatoms. The Labute approximate surface area is 51.1 Å². The lowest BCUT2D eigenvalue weighted by Gasteiger charge is -1.84. The number of nitrogens with zero attached hydrogens (tertiary/aromatic N) is 1. The van der Waals surface area contributed by atoms with Gasteiger partial charge in [-0.3, -0.25) is 0 Å². The summed E-state index contributed by atoms with van der Waals surface area (Å²) in [4.78, 5) is 0. The van der Waals surface area contributed by atoms with Crippen molar-refractivity contribution in [1.29, 1.82) is 0 Å². The molecule has 0 aliphatic heterocycles. The zero-order chi connectivity index (χ0) is 6.27. The van der Waals surface area contributed by atoms with Gasteiger partial charge in [-0.15, -0.1) is 0 Å². The molecule has 0 aromatic carbocycles. The Morgan fingerprint density at radius 3 is 3.11 bits per heavy atom. The van der Waals surface area contributed by atoms with E-state index in [1.807, 2.05) is 0 Å². The third-order valence-electron chi connectivity index (χ3n) is 1.29. The van der Waals surface area contributed by atoms with Crippen LogP contribution in [0.25, 0.3) is 11.1 Å². The van der Waals surface area contributed by atoms with Crippen molar-refractivity contribution in [3.05, 3.63) is 24.6 Å². The Morgan fingerprint density at radius 1 is 1.44 bits per heavy atom. The third-order valence-corrected chi connectivity index (χ3v) is 1.29. The van der Waals surface area contributed by atoms with Crippen LogP contribution in [0.3, 0.4) is 0 Å². The second-order valence-corrected chi connectivity index (χ2v) is 1.83. The van der Waals surface area contributed by atoms with Crippen LogP contribution in [0.5, 0.6) is 0 Å². The van der Waals surface area contributed by atoms with Crippen molar-refractivity contribution >= 4 is 11.1 Å². The largest absolute Gasteiger partial charge is 0.463 e. The van der Waals surface area contributed by atoms with Gasteiger partial charge >= 0.3 is 0 Å². The minimum Gasteiger partial charge on any atom is -0.463 e. The Morgan fingerprint density at radius 2 is 2.33 bits per heavy atom. The van der Waals surface area contributed by atoms with E-state index in [9.17, 15) is 0 Å². The predicted molar refractivity (Wildman–Crippen MR) is 31.4 cm³/mol. The molecule has 0 bridgehead atoms. The second-order valence-electron chi connectivity index (χ2n) is 1.83. The van der Waals surface area contributed by atoms with Gasteiger partial charge in [0.2, 0.25) is 0 Å². The SMILES string of the molecule is On1ccc2occc21. The van der Waals surface area contributed by atoms with E-state index in [2.05, 4.69) is 0 Å². The Balaban J connectivity index is 2.99. The van der Waals surface area contributed by atoms with Crippen molar-refractivity contribution < 1.29 is 9.62 Å². The number of furan rings is 1. The molecule has 0 aliphatic rings. The molecule has 2 rings (SSSR count). The standard InChI is InChI=1S/C6H5NO2/c8-7-3-1-6-5(7)2-4-9-6/h1-4,8H. The van der Waals surface area contributed by atoms with E-state index in [1.54, 1.807) is 12.1 Å². The molecule has 0 amide bonds. The van der Waals surface area contributed by atoms with Gasteiger partial charge in [0.1, 0.15) is 5.52 Å². The first-order chi connectivity index (χ1) is 4.38. The molecule has 0 saturated carbocycles. The average molecular weight is 123 g/mol. The van der Waals surface area contributed by atoms with Crippen molar-refractivity contribution in [2.45, 2.75) is 0 Å². The lowest BCUT2D eigenvalue weighted by Crippen LogP contribution is -1.82. The highest BCUT2D eigenvalue weighted by Crippen LogP contribution is 2.13. The van der Waals surface area contributed by atoms with Crippen molar-refractivity contribution in [3.8, 4) is 0 Å². The molecule has 0 aliphatic carbocycles. The first kappa shape index (κ1) is 4.49. The maximum atomic E-state index is 8.96. The molecule has 1 N–H and O–H groups in total. The number of hydrogen-bond donors (Lipinski definition) is 1. The summed E-state index contributed by atoms with van der Waals surface area (Å²) >= 11 is 0. The smallest absolute Gasteiger partial charge is 0.155 e. The molecule has 0 unspecified atom stereocenters. The highest BCUT2D eigenvalue weighted by atomic mass is 16.5. The number of aromatic nitrogens is 1. The van der Waals surface area contributed by atoms with Gasteiger partial charge in [-0.05, 0) is 0 Å². The summed E-state index contributed by atoms with van der Waals surface area (Å²) in [6.45, 7) is 0. The van der Waals surface area contributed by atoms with Crippen molar-refractivity contribution in [2.75, 3.05) is 0 Å². The molecule has 0 atom stereocenters. The van der Waals surface area contributed by atoms with E-state index in [0.717, 1.165) is 4.73 Å². The quantitative estimate of drug-likeness (QED) is 0.538. The van der Waals surface area contributed by atoms with Crippen molar-refractivity contribution in [1.82, 2.24) is 4.73 Å². The summed E-state index contributed by atoms with van der Waals surface area (Å²) in [5, 5.41) is 8.96. The van der Waals surface area contributed by atoms with Crippen molar-refractivity contribution in [3.63, 3.8) is 0 Å². The summed E-state index contributed by atoms with van der Waals surface area (Å²) in [6, 6.07) is 3.41. The lowest BCUT2D eigenvalue weighted by atomic mass is 10.5. The number of hydrogen-bond acceptors (Lipinski definition) is 2. The van der Waals surface area contributed by atoms with E-state index in [4.69, 9.17) is 9.62 Å². The van der Waals surface area contributed by atoms with Crippen LogP contribution in [-0.2, 0) is 0 Å². The molecule has 0 radical (unpaired) electrons. The number of fused-ring (bicyclic) bond motifs is 1. The van der Waals surface area contributed by atoms with Crippen LogP contribution in [0, 0.1) is 0 Å². The second kappa shape index (κ2) is 1.31. The summed E-state index contributed by atoms with van der Waals surface area (Å²) in [5.41, 5.74) is 1.41. The molecule has 0 spiro atoms. The molecule has 3 nitrogen and oxygen atoms in total. The van der Waals surface area contributed by atoms with Crippen molar-refractivity contribution in [2.24, 2.45) is 0 Å². The summed E-state index contributed by atoms with van der Waals surface area (Å²) in [7, 11) is 0. The minimum absolute atomic E-state index is 0.704. The molecule has 9 heavy (non-hydrogen) atoms. The fourth-order valence-electron chi connectivity index (χ4n) is 0.847. The van der Waals surface area contributed by atoms with E-state index in [-0.39, 0.29) is 0 Å². The van der Waals surface area contributed by atoms with Crippen LogP contribution in [0.4, 0.5) is 0 Å². The van der Waals surface area contributed by atoms with E-state index in [0.29, 0.717) is 11.1 Å². The van der Waals surface area contributed by atoms with E-state index in [1.165, 1.54) is 12.5 Å². The maximum Gasteiger partial charge on any atom is 0.155 e. The Hall–Kier alpha value is -1.38. The molecular weight excluding hydrogens is 118 g/mol. The fourth-order valence-corrected chi connectivity index (χ4v) is 0.847. The molecule has 0 saturated heterocycles. The third kappa shape index (κ3) is 0.455. The van der Waals surface area contributed by atoms with Crippen LogP contribution < -0.4 is 0 Å². The molecule has 2 aromatic rings. The Kier molecular flexibility index (Phi) is 0.656. The van der Waals surface area contributed by atoms with Gasteiger partial charge < -0.3 is 9.62 Å². The topological polar surface area (TPSA) is 38.3 Å². The predicted octanol–water partition coefficient (Wildman–Crippen LogP) is 1.47. The monoisotopic (exact) mass is 123 g/mol. The lowest BCUT2D eigenvalue weighted by molar-refractivity contribution is 0.200. The molecule has 0 fully saturated rings. The number of rotatable bonds is 0. The van der Waals surface area contributed by atoms with Crippen LogP contribution in [0.15, 0.2) is 29.0 Å². The van der Waals surface area contributed by atoms with E-state index < -0.39 is 0 Å². The first-order valence-corrected chi connectivity index (χ1v) is 2.62. The van der Waals surface area contributed by atoms with Gasteiger partial charge in [0, 0.05) is 18.3 Å². The Bertz CT molecular complexity index is 320. The fraction of sp³-hybridized carbons (Fsp3) is 0. The van der Waals surface area contributed by atoms with Gasteiger partial charge in [-0.25, -0.2) is 0 Å². The zero-order valence-electron chi connectivity index (χ0n) is 4.61. The van der Waals surface area contributed by atoms with Gasteiger partial charge in [0.05, 0.1) is 6.26 Å². The van der Waals surface area contributed by atoms with Crippen LogP contribution in [0.1, 0.15) is 0 Å². The summed E-state index contributed by atoms with van der Waals surface area (Å²) in [6.07, 6.45) is 3.07. The van der Waals surface area contributed by atoms with Gasteiger partial charge in [0.25, 0.3) is 0 Å². The normalized spacial score (nSPS) is 10.7. The summed E-state index contributed by atoms with van der Waals surface area (Å²) in [5.74, 6) is 0. The molecule has 2 aromatic heterocycles. The van der Waals surface area contributed by atoms with E-state index >= 15 is 0 Å². The van der Waals surface area contributed by atoms with Crippen LogP contribution in [0.2, 0.25) is 0 Å². The minimum atomic E-state index is 0.704. The summed E-state index contributed by atoms with van der Waals surface area (Å²) < 4.78 is 5.98. The van der Waals surface area contributed by atoms with Crippen LogP contribution >= 0.6 is 0 Å². The average Bonchev–Trinajstić information content (AvgIpc) is 2.35. The van der Waals surface area contributed by atoms with Gasteiger partial charge in [-0.1, -0.05) is 0 Å². The molecule has 46 valence electrons. The zero-order valence-corrected chi connectivity index (χ0v) is 4.61. The molecule has 2 heterocycles. The molecular formula is C6H5NO2. The van der Waals surface area contributed by atoms with Gasteiger partial charge in [-0.2, -0.15) is 4.73 Å². The first-order valence-electron chi connectivity index (χ1n) is 2.62. The highest BCUT2D eigenvalue weighted by molar-refractivity contribution is 5.73. The van der Waals surface area contributed by atoms with Gasteiger partial charge in [0.15, 0.2) is 5.58 Å². The maximum absolute atomic E-state index is 8.96.